The van der Waals surface area contributed by atoms with Crippen LogP contribution in [0.2, 0.25) is 0 Å². The summed E-state index contributed by atoms with van der Waals surface area (Å²) < 4.78 is 17.1. The number of carbonyl (C=O) groups excluding carboxylic acids is 1. The molecule has 2 aliphatic rings. The van der Waals surface area contributed by atoms with Gasteiger partial charge in [-0.05, 0) is 55.5 Å². The van der Waals surface area contributed by atoms with E-state index in [-0.39, 0.29) is 11.8 Å². The predicted octanol–water partition coefficient (Wildman–Crippen LogP) is 4.73. The Morgan fingerprint density at radius 1 is 1.00 bits per heavy atom. The number of amides is 1. The molecule has 182 valence electrons. The molecule has 0 spiro atoms. The zero-order valence-corrected chi connectivity index (χ0v) is 20.1. The lowest BCUT2D eigenvalue weighted by atomic mass is 9.72. The van der Waals surface area contributed by atoms with Gasteiger partial charge in [0.05, 0.1) is 12.5 Å². The number of likely N-dealkylation sites (tertiary alicyclic amines) is 1. The van der Waals surface area contributed by atoms with Crippen LogP contribution in [0.3, 0.4) is 0 Å². The molecule has 7 heteroatoms. The number of ether oxygens (including phenoxy) is 3. The lowest BCUT2D eigenvalue weighted by Gasteiger charge is -2.42. The van der Waals surface area contributed by atoms with Crippen molar-refractivity contribution in [2.75, 3.05) is 33.4 Å². The SMILES string of the molecule is COc1ccc(C2(C(=O)N3CCC[C@H](c4nccnc4Oc4ccccc4)C3)CCOCC2)cc1. The van der Waals surface area contributed by atoms with E-state index in [4.69, 9.17) is 14.2 Å². The average Bonchev–Trinajstić information content (AvgIpc) is 2.94. The smallest absolute Gasteiger partial charge is 0.241 e. The Morgan fingerprint density at radius 3 is 2.49 bits per heavy atom. The van der Waals surface area contributed by atoms with Crippen molar-refractivity contribution in [3.8, 4) is 17.4 Å². The molecule has 1 aromatic heterocycles. The van der Waals surface area contributed by atoms with Gasteiger partial charge in [0.15, 0.2) is 0 Å². The summed E-state index contributed by atoms with van der Waals surface area (Å²) in [4.78, 5) is 25.3. The fourth-order valence-corrected chi connectivity index (χ4v) is 5.24. The lowest BCUT2D eigenvalue weighted by molar-refractivity contribution is -0.142. The second-order valence-corrected chi connectivity index (χ2v) is 9.18. The van der Waals surface area contributed by atoms with Gasteiger partial charge < -0.3 is 19.1 Å². The molecule has 1 atom stereocenters. The molecule has 0 N–H and O–H groups in total. The Balaban J connectivity index is 1.39. The van der Waals surface area contributed by atoms with Crippen LogP contribution in [0.5, 0.6) is 17.4 Å². The quantitative estimate of drug-likeness (QED) is 0.515. The van der Waals surface area contributed by atoms with Crippen LogP contribution in [-0.4, -0.2) is 54.2 Å². The van der Waals surface area contributed by atoms with Gasteiger partial charge in [-0.2, -0.15) is 0 Å². The van der Waals surface area contributed by atoms with Crippen molar-refractivity contribution in [1.29, 1.82) is 0 Å². The Bertz CT molecular complexity index is 1130. The molecular weight excluding hydrogens is 442 g/mol. The third kappa shape index (κ3) is 4.86. The summed E-state index contributed by atoms with van der Waals surface area (Å²) in [5.74, 6) is 2.25. The topological polar surface area (TPSA) is 73.8 Å². The molecule has 3 heterocycles. The van der Waals surface area contributed by atoms with Crippen LogP contribution in [0.1, 0.15) is 42.9 Å². The van der Waals surface area contributed by atoms with Crippen molar-refractivity contribution >= 4 is 5.91 Å². The molecule has 0 unspecified atom stereocenters. The molecule has 7 nitrogen and oxygen atoms in total. The number of para-hydroxylation sites is 1. The first kappa shape index (κ1) is 23.3. The van der Waals surface area contributed by atoms with Gasteiger partial charge in [-0.3, -0.25) is 9.78 Å². The highest BCUT2D eigenvalue weighted by molar-refractivity contribution is 5.88. The van der Waals surface area contributed by atoms with Crippen molar-refractivity contribution < 1.29 is 19.0 Å². The maximum Gasteiger partial charge on any atom is 0.241 e. The summed E-state index contributed by atoms with van der Waals surface area (Å²) >= 11 is 0. The van der Waals surface area contributed by atoms with E-state index in [1.807, 2.05) is 59.5 Å². The Kier molecular flexibility index (Phi) is 6.95. The molecular formula is C28H31N3O4. The second-order valence-electron chi connectivity index (χ2n) is 9.18. The number of benzene rings is 2. The molecule has 5 rings (SSSR count). The molecule has 0 radical (unpaired) electrons. The zero-order valence-electron chi connectivity index (χ0n) is 20.1. The van der Waals surface area contributed by atoms with Crippen LogP contribution >= 0.6 is 0 Å². The fourth-order valence-electron chi connectivity index (χ4n) is 5.24. The predicted molar refractivity (Wildman–Crippen MR) is 132 cm³/mol. The minimum atomic E-state index is -0.585. The van der Waals surface area contributed by atoms with Crippen molar-refractivity contribution in [3.63, 3.8) is 0 Å². The number of piperidine rings is 1. The van der Waals surface area contributed by atoms with E-state index in [9.17, 15) is 4.79 Å². The van der Waals surface area contributed by atoms with Crippen molar-refractivity contribution in [2.24, 2.45) is 0 Å². The van der Waals surface area contributed by atoms with Crippen LogP contribution < -0.4 is 9.47 Å². The minimum Gasteiger partial charge on any atom is -0.497 e. The van der Waals surface area contributed by atoms with Gasteiger partial charge in [-0.25, -0.2) is 4.98 Å². The first-order chi connectivity index (χ1) is 17.2. The molecule has 2 aliphatic heterocycles. The van der Waals surface area contributed by atoms with Gasteiger partial charge in [0, 0.05) is 44.6 Å². The van der Waals surface area contributed by atoms with Crippen LogP contribution in [0.4, 0.5) is 0 Å². The zero-order chi connectivity index (χ0) is 24.1. The lowest BCUT2D eigenvalue weighted by Crippen LogP contribution is -2.52. The summed E-state index contributed by atoms with van der Waals surface area (Å²) in [5.41, 5.74) is 1.25. The first-order valence-corrected chi connectivity index (χ1v) is 12.2. The number of methoxy groups -OCH3 is 1. The molecule has 2 fully saturated rings. The van der Waals surface area contributed by atoms with E-state index >= 15 is 0 Å². The normalized spacial score (nSPS) is 19.7. The molecule has 0 aliphatic carbocycles. The molecule has 0 bridgehead atoms. The van der Waals surface area contributed by atoms with Crippen LogP contribution in [0.25, 0.3) is 0 Å². The largest absolute Gasteiger partial charge is 0.497 e. The summed E-state index contributed by atoms with van der Waals surface area (Å²) in [6.07, 6.45) is 6.54. The molecule has 0 saturated carbocycles. The van der Waals surface area contributed by atoms with Gasteiger partial charge in [0.2, 0.25) is 11.8 Å². The van der Waals surface area contributed by atoms with E-state index in [0.29, 0.717) is 38.5 Å². The van der Waals surface area contributed by atoms with Crippen molar-refractivity contribution in [3.05, 3.63) is 78.2 Å². The summed E-state index contributed by atoms with van der Waals surface area (Å²) in [6.45, 7) is 2.49. The number of aromatic nitrogens is 2. The van der Waals surface area contributed by atoms with E-state index in [0.717, 1.165) is 42.1 Å². The van der Waals surface area contributed by atoms with Crippen molar-refractivity contribution in [2.45, 2.75) is 37.0 Å². The number of rotatable bonds is 6. The Hall–Kier alpha value is -3.45. The first-order valence-electron chi connectivity index (χ1n) is 12.2. The standard InChI is InChI=1S/C28H31N3O4/c1-33-23-11-9-22(10-12-23)28(13-18-34-19-14-28)27(32)31-17-5-6-21(20-31)25-26(30-16-15-29-25)35-24-7-3-2-4-8-24/h2-4,7-12,15-16,21H,5-6,13-14,17-20H2,1H3/t21-/m0/s1. The monoisotopic (exact) mass is 473 g/mol. The highest BCUT2D eigenvalue weighted by Gasteiger charge is 2.45. The van der Waals surface area contributed by atoms with Crippen LogP contribution in [0, 0.1) is 0 Å². The maximum atomic E-state index is 14.2. The van der Waals surface area contributed by atoms with Gasteiger partial charge in [-0.1, -0.05) is 30.3 Å². The number of nitrogens with zero attached hydrogens (tertiary/aromatic N) is 3. The van der Waals surface area contributed by atoms with Crippen LogP contribution in [-0.2, 0) is 14.9 Å². The van der Waals surface area contributed by atoms with Gasteiger partial charge in [-0.15, -0.1) is 0 Å². The highest BCUT2D eigenvalue weighted by atomic mass is 16.5. The third-order valence-corrected chi connectivity index (χ3v) is 7.14. The Morgan fingerprint density at radius 2 is 1.74 bits per heavy atom. The fraction of sp³-hybridized carbons (Fsp3) is 0.393. The highest BCUT2D eigenvalue weighted by Crippen LogP contribution is 2.40. The molecule has 2 saturated heterocycles. The van der Waals surface area contributed by atoms with Crippen molar-refractivity contribution in [1.82, 2.24) is 14.9 Å². The number of carbonyl (C=O) groups is 1. The second kappa shape index (κ2) is 10.4. The van der Waals surface area contributed by atoms with E-state index in [2.05, 4.69) is 9.97 Å². The number of hydrogen-bond donors (Lipinski definition) is 0. The maximum absolute atomic E-state index is 14.2. The molecule has 35 heavy (non-hydrogen) atoms. The summed E-state index contributed by atoms with van der Waals surface area (Å²) in [7, 11) is 1.65. The van der Waals surface area contributed by atoms with Crippen LogP contribution in [0.15, 0.2) is 67.0 Å². The van der Waals surface area contributed by atoms with E-state index < -0.39 is 5.41 Å². The summed E-state index contributed by atoms with van der Waals surface area (Å²) in [6, 6.07) is 17.5. The third-order valence-electron chi connectivity index (χ3n) is 7.14. The molecule has 3 aromatic rings. The molecule has 2 aromatic carbocycles. The minimum absolute atomic E-state index is 0.0628. The van der Waals surface area contributed by atoms with Gasteiger partial charge in [0.25, 0.3) is 0 Å². The molecule has 1 amide bonds. The van der Waals surface area contributed by atoms with Gasteiger partial charge >= 0.3 is 0 Å². The number of hydrogen-bond acceptors (Lipinski definition) is 6. The van der Waals surface area contributed by atoms with E-state index in [1.165, 1.54) is 0 Å². The Labute approximate surface area is 206 Å². The van der Waals surface area contributed by atoms with Gasteiger partial charge in [0.1, 0.15) is 17.2 Å². The average molecular weight is 474 g/mol. The summed E-state index contributed by atoms with van der Waals surface area (Å²) in [5, 5.41) is 0. The van der Waals surface area contributed by atoms with E-state index in [1.54, 1.807) is 19.5 Å².